The van der Waals surface area contributed by atoms with Crippen molar-refractivity contribution in [2.24, 2.45) is 0 Å². The largest absolute Gasteiger partial charge is 0.379 e. The Hall–Kier alpha value is -2.16. The number of nitrogens with zero attached hydrogens (tertiary/aromatic N) is 3. The van der Waals surface area contributed by atoms with Crippen molar-refractivity contribution < 1.29 is 22.7 Å². The summed E-state index contributed by atoms with van der Waals surface area (Å²) in [5, 5.41) is 12.4. The average molecular weight is 441 g/mol. The van der Waals surface area contributed by atoms with Crippen molar-refractivity contribution >= 4 is 33.2 Å². The van der Waals surface area contributed by atoms with Crippen LogP contribution >= 0.6 is 11.6 Å². The van der Waals surface area contributed by atoms with Gasteiger partial charge in [-0.3, -0.25) is 4.79 Å². The van der Waals surface area contributed by atoms with Gasteiger partial charge >= 0.3 is 0 Å². The number of hydrogen-bond acceptors (Lipinski definition) is 7. The first kappa shape index (κ1) is 21.5. The van der Waals surface area contributed by atoms with Crippen LogP contribution in [-0.4, -0.2) is 76.1 Å². The van der Waals surface area contributed by atoms with Crippen molar-refractivity contribution in [3.05, 3.63) is 35.0 Å². The molecule has 9 nitrogen and oxygen atoms in total. The van der Waals surface area contributed by atoms with Crippen LogP contribution in [0.25, 0.3) is 0 Å². The van der Waals surface area contributed by atoms with Crippen LogP contribution in [0.2, 0.25) is 5.02 Å². The van der Waals surface area contributed by atoms with Gasteiger partial charge in [0.15, 0.2) is 0 Å². The summed E-state index contributed by atoms with van der Waals surface area (Å²) < 4.78 is 37.4. The molecule has 0 saturated carbocycles. The Kier molecular flexibility index (Phi) is 7.10. The van der Waals surface area contributed by atoms with Gasteiger partial charge in [-0.25, -0.2) is 8.42 Å². The zero-order chi connectivity index (χ0) is 20.9. The van der Waals surface area contributed by atoms with Crippen LogP contribution in [0.5, 0.6) is 0 Å². The zero-order valence-electron chi connectivity index (χ0n) is 15.6. The molecule has 11 heteroatoms. The highest BCUT2D eigenvalue weighted by Crippen LogP contribution is 2.27. The molecule has 2 fully saturated rings. The van der Waals surface area contributed by atoms with Gasteiger partial charge in [-0.05, 0) is 18.2 Å². The van der Waals surface area contributed by atoms with Crippen molar-refractivity contribution in [3.63, 3.8) is 0 Å². The van der Waals surface area contributed by atoms with E-state index < -0.39 is 15.9 Å². The molecule has 2 aliphatic heterocycles. The number of morpholine rings is 2. The maximum Gasteiger partial charge on any atom is 0.266 e. The SMILES string of the molecule is N#C/C(=C/Nc1cc(S(=O)(=O)N2CCOCC2)ccc1Cl)C(=O)N1CCOCC1. The standard InChI is InChI=1S/C18H21ClN4O5S/c19-16-2-1-15(29(25,26)23-5-9-28-10-6-23)11-17(16)21-13-14(12-20)18(24)22-3-7-27-8-4-22/h1-2,11,13,21H,3-10H2/b14-13-. The van der Waals surface area contributed by atoms with E-state index in [2.05, 4.69) is 5.32 Å². The lowest BCUT2D eigenvalue weighted by molar-refractivity contribution is -0.130. The monoisotopic (exact) mass is 440 g/mol. The molecule has 0 spiro atoms. The first-order valence-corrected chi connectivity index (χ1v) is 10.9. The number of rotatable bonds is 5. The van der Waals surface area contributed by atoms with E-state index in [9.17, 15) is 18.5 Å². The van der Waals surface area contributed by atoms with Crippen molar-refractivity contribution in [1.29, 1.82) is 5.26 Å². The number of benzene rings is 1. The number of sulfonamides is 1. The van der Waals surface area contributed by atoms with Gasteiger partial charge in [0.1, 0.15) is 11.6 Å². The number of hydrogen-bond donors (Lipinski definition) is 1. The van der Waals surface area contributed by atoms with E-state index in [1.807, 2.05) is 6.07 Å². The first-order chi connectivity index (χ1) is 13.9. The molecular weight excluding hydrogens is 420 g/mol. The molecule has 2 saturated heterocycles. The Bertz CT molecular complexity index is 932. The molecule has 3 rings (SSSR count). The Balaban J connectivity index is 1.79. The van der Waals surface area contributed by atoms with Crippen LogP contribution < -0.4 is 5.32 Å². The van der Waals surface area contributed by atoms with E-state index >= 15 is 0 Å². The molecule has 1 N–H and O–H groups in total. The maximum atomic E-state index is 12.8. The highest BCUT2D eigenvalue weighted by Gasteiger charge is 2.27. The lowest BCUT2D eigenvalue weighted by atomic mass is 10.2. The average Bonchev–Trinajstić information content (AvgIpc) is 2.76. The van der Waals surface area contributed by atoms with Crippen LogP contribution in [0.4, 0.5) is 5.69 Å². The van der Waals surface area contributed by atoms with Gasteiger partial charge in [-0.15, -0.1) is 0 Å². The molecule has 0 radical (unpaired) electrons. The lowest BCUT2D eigenvalue weighted by Crippen LogP contribution is -2.41. The Morgan fingerprint density at radius 2 is 1.76 bits per heavy atom. The molecule has 1 aromatic carbocycles. The number of ether oxygens (including phenoxy) is 2. The molecule has 0 unspecified atom stereocenters. The highest BCUT2D eigenvalue weighted by atomic mass is 35.5. The Labute approximate surface area is 174 Å². The van der Waals surface area contributed by atoms with Gasteiger partial charge in [-0.2, -0.15) is 9.57 Å². The van der Waals surface area contributed by atoms with Gasteiger partial charge in [0, 0.05) is 32.4 Å². The summed E-state index contributed by atoms with van der Waals surface area (Å²) >= 11 is 6.17. The van der Waals surface area contributed by atoms with Gasteiger partial charge in [0.2, 0.25) is 10.0 Å². The fraction of sp³-hybridized carbons (Fsp3) is 0.444. The van der Waals surface area contributed by atoms with Crippen molar-refractivity contribution in [2.75, 3.05) is 57.9 Å². The predicted octanol–water partition coefficient (Wildman–Crippen LogP) is 1.04. The molecular formula is C18H21ClN4O5S. The van der Waals surface area contributed by atoms with Gasteiger partial charge in [0.05, 0.1) is 42.0 Å². The summed E-state index contributed by atoms with van der Waals surface area (Å²) in [6, 6.07) is 6.14. The van der Waals surface area contributed by atoms with Gasteiger partial charge in [-0.1, -0.05) is 11.6 Å². The van der Waals surface area contributed by atoms with Crippen LogP contribution in [0.1, 0.15) is 0 Å². The van der Waals surface area contributed by atoms with E-state index in [0.717, 1.165) is 0 Å². The molecule has 156 valence electrons. The topological polar surface area (TPSA) is 112 Å². The second-order valence-corrected chi connectivity index (χ2v) is 8.72. The molecule has 0 atom stereocenters. The number of halogens is 1. The van der Waals surface area contributed by atoms with E-state index in [1.54, 1.807) is 0 Å². The molecule has 1 aromatic rings. The summed E-state index contributed by atoms with van der Waals surface area (Å²) in [6.45, 7) is 2.90. The normalized spacial score (nSPS) is 18.9. The lowest BCUT2D eigenvalue weighted by Gasteiger charge is -2.26. The summed E-state index contributed by atoms with van der Waals surface area (Å²) in [5.74, 6) is -0.420. The molecule has 0 aliphatic carbocycles. The third-order valence-corrected chi connectivity index (χ3v) is 6.79. The number of carbonyl (C=O) groups excluding carboxylic acids is 1. The molecule has 1 amide bonds. The number of carbonyl (C=O) groups is 1. The Morgan fingerprint density at radius 3 is 2.38 bits per heavy atom. The minimum atomic E-state index is -3.70. The summed E-state index contributed by atoms with van der Waals surface area (Å²) in [5.41, 5.74) is 0.174. The van der Waals surface area contributed by atoms with Gasteiger partial charge in [0.25, 0.3) is 5.91 Å². The number of anilines is 1. The minimum absolute atomic E-state index is 0.0673. The third-order valence-electron chi connectivity index (χ3n) is 4.57. The molecule has 2 aliphatic rings. The smallest absolute Gasteiger partial charge is 0.266 e. The number of nitrogens with one attached hydrogen (secondary N) is 1. The highest BCUT2D eigenvalue weighted by molar-refractivity contribution is 7.89. The van der Waals surface area contributed by atoms with Crippen LogP contribution in [-0.2, 0) is 24.3 Å². The molecule has 0 bridgehead atoms. The van der Waals surface area contributed by atoms with Gasteiger partial charge < -0.3 is 19.7 Å². The fourth-order valence-corrected chi connectivity index (χ4v) is 4.55. The van der Waals surface area contributed by atoms with Crippen LogP contribution in [0.3, 0.4) is 0 Å². The zero-order valence-corrected chi connectivity index (χ0v) is 17.2. The quantitative estimate of drug-likeness (QED) is 0.537. The van der Waals surface area contributed by atoms with Crippen molar-refractivity contribution in [1.82, 2.24) is 9.21 Å². The molecule has 2 heterocycles. The second-order valence-electron chi connectivity index (χ2n) is 6.38. The van der Waals surface area contributed by atoms with E-state index in [-0.39, 0.29) is 34.3 Å². The minimum Gasteiger partial charge on any atom is -0.379 e. The summed E-state index contributed by atoms with van der Waals surface area (Å²) in [6.07, 6.45) is 1.24. The molecule has 0 aromatic heterocycles. The predicted molar refractivity (Wildman–Crippen MR) is 106 cm³/mol. The molecule has 29 heavy (non-hydrogen) atoms. The second kappa shape index (κ2) is 9.56. The number of amides is 1. The summed E-state index contributed by atoms with van der Waals surface area (Å²) in [7, 11) is -3.70. The number of nitriles is 1. The first-order valence-electron chi connectivity index (χ1n) is 9.05. The Morgan fingerprint density at radius 1 is 1.14 bits per heavy atom. The van der Waals surface area contributed by atoms with Crippen LogP contribution in [0.15, 0.2) is 34.9 Å². The van der Waals surface area contributed by atoms with Crippen molar-refractivity contribution in [2.45, 2.75) is 4.90 Å². The fourth-order valence-electron chi connectivity index (χ4n) is 2.94. The van der Waals surface area contributed by atoms with Crippen LogP contribution in [0, 0.1) is 11.3 Å². The van der Waals surface area contributed by atoms with E-state index in [1.165, 1.54) is 33.6 Å². The third kappa shape index (κ3) is 5.07. The van der Waals surface area contributed by atoms with E-state index in [0.29, 0.717) is 39.5 Å². The maximum absolute atomic E-state index is 12.8. The van der Waals surface area contributed by atoms with Crippen molar-refractivity contribution in [3.8, 4) is 6.07 Å². The van der Waals surface area contributed by atoms with E-state index in [4.69, 9.17) is 21.1 Å². The summed E-state index contributed by atoms with van der Waals surface area (Å²) in [4.78, 5) is 14.1.